The number of para-hydroxylation sites is 1. The molecule has 148 valence electrons. The second-order valence-electron chi connectivity index (χ2n) is 7.80. The second-order valence-corrected chi connectivity index (χ2v) is 7.80. The molecule has 29 heavy (non-hydrogen) atoms. The van der Waals surface area contributed by atoms with Crippen LogP contribution in [-0.2, 0) is 20.7 Å². The van der Waals surface area contributed by atoms with Gasteiger partial charge in [-0.15, -0.1) is 0 Å². The molecule has 2 atom stereocenters. The van der Waals surface area contributed by atoms with E-state index in [-0.39, 0.29) is 13.0 Å². The van der Waals surface area contributed by atoms with Gasteiger partial charge in [-0.05, 0) is 37.1 Å². The molecule has 0 saturated carbocycles. The lowest BCUT2D eigenvalue weighted by Gasteiger charge is -2.53. The topological polar surface area (TPSA) is 79.0 Å². The van der Waals surface area contributed by atoms with Crippen LogP contribution in [0, 0.1) is 12.3 Å². The van der Waals surface area contributed by atoms with Gasteiger partial charge >= 0.3 is 6.03 Å². The summed E-state index contributed by atoms with van der Waals surface area (Å²) < 4.78 is 5.68. The lowest BCUT2D eigenvalue weighted by molar-refractivity contribution is -0.146. The third-order valence-electron chi connectivity index (χ3n) is 6.17. The fourth-order valence-corrected chi connectivity index (χ4v) is 4.69. The predicted octanol–water partition coefficient (Wildman–Crippen LogP) is 2.03. The number of hydrogen-bond donors (Lipinski definition) is 1. The van der Waals surface area contributed by atoms with Crippen LogP contribution in [0.15, 0.2) is 48.5 Å². The summed E-state index contributed by atoms with van der Waals surface area (Å²) in [5.74, 6) is -1.05. The normalized spacial score (nSPS) is 26.2. The maximum absolute atomic E-state index is 13.8. The van der Waals surface area contributed by atoms with Gasteiger partial charge in [0.15, 0.2) is 5.41 Å². The first kappa shape index (κ1) is 17.9. The monoisotopic (exact) mass is 391 g/mol. The molecule has 3 heterocycles. The number of rotatable bonds is 1. The minimum atomic E-state index is -1.42. The highest BCUT2D eigenvalue weighted by molar-refractivity contribution is 6.30. The summed E-state index contributed by atoms with van der Waals surface area (Å²) in [7, 11) is 0. The number of urea groups is 1. The molecular weight excluding hydrogens is 370 g/mol. The number of anilines is 2. The number of morpholine rings is 1. The highest BCUT2D eigenvalue weighted by Gasteiger charge is 2.62. The summed E-state index contributed by atoms with van der Waals surface area (Å²) in [6.07, 6.45) is 0.230. The van der Waals surface area contributed by atoms with Crippen LogP contribution in [0.2, 0.25) is 0 Å². The average Bonchev–Trinajstić information content (AvgIpc) is 2.73. The minimum absolute atomic E-state index is 0.230. The number of amides is 4. The highest BCUT2D eigenvalue weighted by atomic mass is 16.5. The van der Waals surface area contributed by atoms with Gasteiger partial charge in [0.2, 0.25) is 5.91 Å². The number of fused-ring (bicyclic) bond motifs is 4. The molecule has 2 aromatic carbocycles. The van der Waals surface area contributed by atoms with Crippen molar-refractivity contribution in [2.45, 2.75) is 19.4 Å². The third-order valence-corrected chi connectivity index (χ3v) is 6.17. The van der Waals surface area contributed by atoms with Crippen molar-refractivity contribution in [2.75, 3.05) is 29.6 Å². The zero-order valence-electron chi connectivity index (χ0n) is 16.1. The van der Waals surface area contributed by atoms with Crippen LogP contribution in [0.4, 0.5) is 16.2 Å². The summed E-state index contributed by atoms with van der Waals surface area (Å²) in [5, 5.41) is 2.44. The standard InChI is InChI=1S/C22H21N3O4/c1-14-6-8-16(9-7-14)25-20(27)22(19(26)23-21(25)28)12-15-4-2-3-5-17(15)24-10-11-29-13-18(22)24/h2-9,18H,10-13H2,1H3,(H,23,26,28). The first-order valence-electron chi connectivity index (χ1n) is 9.71. The Kier molecular flexibility index (Phi) is 3.96. The number of benzene rings is 2. The molecule has 0 bridgehead atoms. The van der Waals surface area contributed by atoms with E-state index in [9.17, 15) is 14.4 Å². The van der Waals surface area contributed by atoms with Gasteiger partial charge in [-0.1, -0.05) is 35.9 Å². The summed E-state index contributed by atoms with van der Waals surface area (Å²) in [6.45, 7) is 3.30. The number of nitrogens with one attached hydrogen (secondary N) is 1. The Morgan fingerprint density at radius 3 is 2.62 bits per heavy atom. The van der Waals surface area contributed by atoms with Crippen molar-refractivity contribution in [3.05, 3.63) is 59.7 Å². The summed E-state index contributed by atoms with van der Waals surface area (Å²) >= 11 is 0. The Hall–Kier alpha value is -3.19. The molecule has 0 radical (unpaired) electrons. The van der Waals surface area contributed by atoms with Gasteiger partial charge in [0.25, 0.3) is 5.91 Å². The Morgan fingerprint density at radius 1 is 1.07 bits per heavy atom. The molecule has 2 saturated heterocycles. The smallest absolute Gasteiger partial charge is 0.335 e. The second kappa shape index (κ2) is 6.42. The van der Waals surface area contributed by atoms with Gasteiger partial charge < -0.3 is 9.64 Å². The quantitative estimate of drug-likeness (QED) is 0.753. The molecule has 2 unspecified atom stereocenters. The first-order valence-corrected chi connectivity index (χ1v) is 9.71. The van der Waals surface area contributed by atoms with E-state index in [0.29, 0.717) is 18.8 Å². The molecule has 0 aromatic heterocycles. The van der Waals surface area contributed by atoms with Crippen LogP contribution in [0.5, 0.6) is 0 Å². The number of ether oxygens (including phenoxy) is 1. The van der Waals surface area contributed by atoms with Crippen molar-refractivity contribution in [1.82, 2.24) is 5.32 Å². The third kappa shape index (κ3) is 2.50. The van der Waals surface area contributed by atoms with Gasteiger partial charge in [0.05, 0.1) is 24.9 Å². The first-order chi connectivity index (χ1) is 14.0. The molecule has 2 aromatic rings. The fraction of sp³-hybridized carbons (Fsp3) is 0.318. The van der Waals surface area contributed by atoms with Crippen molar-refractivity contribution in [3.8, 4) is 0 Å². The van der Waals surface area contributed by atoms with E-state index in [4.69, 9.17) is 4.74 Å². The Labute approximate surface area is 168 Å². The van der Waals surface area contributed by atoms with E-state index in [0.717, 1.165) is 21.7 Å². The maximum atomic E-state index is 13.8. The van der Waals surface area contributed by atoms with Crippen molar-refractivity contribution in [1.29, 1.82) is 0 Å². The number of barbiturate groups is 1. The van der Waals surface area contributed by atoms with Crippen LogP contribution < -0.4 is 15.1 Å². The van der Waals surface area contributed by atoms with Crippen molar-refractivity contribution in [2.24, 2.45) is 5.41 Å². The zero-order chi connectivity index (χ0) is 20.2. The van der Waals surface area contributed by atoms with Gasteiger partial charge in [0, 0.05) is 12.2 Å². The molecule has 4 amide bonds. The minimum Gasteiger partial charge on any atom is -0.377 e. The van der Waals surface area contributed by atoms with Crippen LogP contribution >= 0.6 is 0 Å². The number of carbonyl (C=O) groups excluding carboxylic acids is 3. The van der Waals surface area contributed by atoms with Crippen molar-refractivity contribution < 1.29 is 19.1 Å². The van der Waals surface area contributed by atoms with Crippen LogP contribution in [0.25, 0.3) is 0 Å². The van der Waals surface area contributed by atoms with Crippen LogP contribution in [0.1, 0.15) is 11.1 Å². The van der Waals surface area contributed by atoms with E-state index in [1.807, 2.05) is 43.3 Å². The zero-order valence-corrected chi connectivity index (χ0v) is 16.1. The molecular formula is C22H21N3O4. The number of aryl methyl sites for hydroxylation is 1. The van der Waals surface area contributed by atoms with Crippen LogP contribution in [0.3, 0.4) is 0 Å². The maximum Gasteiger partial charge on any atom is 0.335 e. The molecule has 7 nitrogen and oxygen atoms in total. The van der Waals surface area contributed by atoms with Gasteiger partial charge in [-0.25, -0.2) is 9.69 Å². The lowest BCUT2D eigenvalue weighted by atomic mass is 9.68. The SMILES string of the molecule is Cc1ccc(N2C(=O)NC(=O)C3(Cc4ccccc4N4CCOCC43)C2=O)cc1. The molecule has 0 aliphatic carbocycles. The summed E-state index contributed by atoms with van der Waals surface area (Å²) in [6, 6.07) is 13.7. The lowest BCUT2D eigenvalue weighted by Crippen LogP contribution is -2.74. The number of hydrogen-bond acceptors (Lipinski definition) is 5. The Bertz CT molecular complexity index is 1020. The van der Waals surface area contributed by atoms with E-state index in [1.54, 1.807) is 12.1 Å². The Balaban J connectivity index is 1.66. The van der Waals surface area contributed by atoms with Gasteiger partial charge in [-0.2, -0.15) is 0 Å². The molecule has 1 N–H and O–H groups in total. The fourth-order valence-electron chi connectivity index (χ4n) is 4.69. The largest absolute Gasteiger partial charge is 0.377 e. The molecule has 3 aliphatic heterocycles. The number of imide groups is 2. The average molecular weight is 391 g/mol. The van der Waals surface area contributed by atoms with Gasteiger partial charge in [-0.3, -0.25) is 14.9 Å². The van der Waals surface area contributed by atoms with Crippen molar-refractivity contribution >= 4 is 29.2 Å². The number of carbonyl (C=O) groups is 3. The van der Waals surface area contributed by atoms with E-state index in [1.165, 1.54) is 0 Å². The molecule has 1 spiro atoms. The highest BCUT2D eigenvalue weighted by Crippen LogP contribution is 2.45. The summed E-state index contributed by atoms with van der Waals surface area (Å²) in [4.78, 5) is 42.9. The Morgan fingerprint density at radius 2 is 1.83 bits per heavy atom. The molecule has 7 heteroatoms. The molecule has 5 rings (SSSR count). The molecule has 2 fully saturated rings. The van der Waals surface area contributed by atoms with Crippen molar-refractivity contribution in [3.63, 3.8) is 0 Å². The van der Waals surface area contributed by atoms with Gasteiger partial charge in [0.1, 0.15) is 0 Å². The van der Waals surface area contributed by atoms with E-state index >= 15 is 0 Å². The van der Waals surface area contributed by atoms with Crippen LogP contribution in [-0.4, -0.2) is 43.6 Å². The predicted molar refractivity (Wildman–Crippen MR) is 107 cm³/mol. The van der Waals surface area contributed by atoms with E-state index in [2.05, 4.69) is 10.2 Å². The number of nitrogens with zero attached hydrogens (tertiary/aromatic N) is 2. The van der Waals surface area contributed by atoms with E-state index < -0.39 is 29.3 Å². The molecule has 3 aliphatic rings. The summed E-state index contributed by atoms with van der Waals surface area (Å²) in [5.41, 5.74) is 1.99.